The van der Waals surface area contributed by atoms with Crippen molar-refractivity contribution in [3.63, 3.8) is 0 Å². The highest BCUT2D eigenvalue weighted by Crippen LogP contribution is 2.23. The second-order valence-corrected chi connectivity index (χ2v) is 4.51. The topological polar surface area (TPSA) is 40.5 Å². The van der Waals surface area contributed by atoms with Gasteiger partial charge in [-0.05, 0) is 37.6 Å². The molecule has 2 rings (SSSR count). The Morgan fingerprint density at radius 2 is 1.95 bits per heavy atom. The predicted molar refractivity (Wildman–Crippen MR) is 76.6 cm³/mol. The monoisotopic (exact) mass is 273 g/mol. The summed E-state index contributed by atoms with van der Waals surface area (Å²) in [5, 5.41) is 9.50. The first kappa shape index (κ1) is 14.1. The Bertz CT molecular complexity index is 640. The first-order chi connectivity index (χ1) is 9.54. The van der Waals surface area contributed by atoms with E-state index in [1.807, 2.05) is 0 Å². The molecule has 0 fully saturated rings. The molecule has 0 saturated carbocycles. The lowest BCUT2D eigenvalue weighted by Crippen LogP contribution is -2.31. The maximum Gasteiger partial charge on any atom is 0.261 e. The van der Waals surface area contributed by atoms with Gasteiger partial charge in [0.1, 0.15) is 11.6 Å². The zero-order valence-corrected chi connectivity index (χ0v) is 11.4. The van der Waals surface area contributed by atoms with Gasteiger partial charge in [0.15, 0.2) is 0 Å². The highest BCUT2D eigenvalue weighted by Gasteiger charge is 2.20. The van der Waals surface area contributed by atoms with Crippen LogP contribution in [0.1, 0.15) is 22.8 Å². The molecule has 0 radical (unpaired) electrons. The number of amides is 1. The van der Waals surface area contributed by atoms with Gasteiger partial charge in [0.25, 0.3) is 5.91 Å². The second-order valence-electron chi connectivity index (χ2n) is 4.51. The van der Waals surface area contributed by atoms with Gasteiger partial charge in [0, 0.05) is 18.3 Å². The summed E-state index contributed by atoms with van der Waals surface area (Å²) in [5.74, 6) is -0.853. The van der Waals surface area contributed by atoms with Crippen molar-refractivity contribution in [2.24, 2.45) is 0 Å². The number of halogens is 1. The quantitative estimate of drug-likeness (QED) is 0.929. The maximum atomic E-state index is 14.0. The molecule has 2 aromatic carbocycles. The van der Waals surface area contributed by atoms with Crippen LogP contribution >= 0.6 is 0 Å². The maximum absolute atomic E-state index is 14.0. The Kier molecular flexibility index (Phi) is 4.03. The number of phenolic OH excluding ortho intramolecular Hbond substituents is 1. The molecule has 2 aromatic rings. The molecule has 0 aromatic heterocycles. The molecule has 4 heteroatoms. The number of carbonyl (C=O) groups is 1. The molecule has 0 saturated heterocycles. The fraction of sp³-hybridized carbons (Fsp3) is 0.188. The van der Waals surface area contributed by atoms with Gasteiger partial charge >= 0.3 is 0 Å². The molecular formula is C16H16FNO2. The van der Waals surface area contributed by atoms with Gasteiger partial charge in [0.2, 0.25) is 0 Å². The fourth-order valence-corrected chi connectivity index (χ4v) is 2.06. The normalized spacial score (nSPS) is 10.3. The van der Waals surface area contributed by atoms with Crippen LogP contribution in [0.4, 0.5) is 10.1 Å². The van der Waals surface area contributed by atoms with E-state index in [9.17, 15) is 14.3 Å². The van der Waals surface area contributed by atoms with E-state index in [2.05, 4.69) is 0 Å². The van der Waals surface area contributed by atoms with E-state index in [4.69, 9.17) is 0 Å². The number of nitrogens with zero attached hydrogens (tertiary/aromatic N) is 1. The van der Waals surface area contributed by atoms with Crippen molar-refractivity contribution in [3.05, 3.63) is 59.4 Å². The second kappa shape index (κ2) is 5.74. The van der Waals surface area contributed by atoms with Crippen molar-refractivity contribution < 1.29 is 14.3 Å². The summed E-state index contributed by atoms with van der Waals surface area (Å²) in [4.78, 5) is 13.9. The van der Waals surface area contributed by atoms with Crippen LogP contribution in [0, 0.1) is 12.7 Å². The SMILES string of the molecule is CCN(C(=O)c1cccc(C)c1F)c1cccc(O)c1. The number of aromatic hydroxyl groups is 1. The van der Waals surface area contributed by atoms with E-state index < -0.39 is 11.7 Å². The summed E-state index contributed by atoms with van der Waals surface area (Å²) in [5.41, 5.74) is 1.01. The highest BCUT2D eigenvalue weighted by atomic mass is 19.1. The third-order valence-corrected chi connectivity index (χ3v) is 3.12. The molecule has 0 bridgehead atoms. The van der Waals surface area contributed by atoms with Crippen molar-refractivity contribution in [3.8, 4) is 5.75 Å². The van der Waals surface area contributed by atoms with Gasteiger partial charge in [-0.1, -0.05) is 18.2 Å². The average Bonchev–Trinajstić information content (AvgIpc) is 2.42. The number of aryl methyl sites for hydroxylation is 1. The molecule has 20 heavy (non-hydrogen) atoms. The molecular weight excluding hydrogens is 257 g/mol. The Hall–Kier alpha value is -2.36. The molecule has 1 N–H and O–H groups in total. The molecule has 0 aliphatic carbocycles. The van der Waals surface area contributed by atoms with E-state index >= 15 is 0 Å². The first-order valence-electron chi connectivity index (χ1n) is 6.40. The van der Waals surface area contributed by atoms with Crippen molar-refractivity contribution in [2.45, 2.75) is 13.8 Å². The van der Waals surface area contributed by atoms with Gasteiger partial charge in [-0.15, -0.1) is 0 Å². The van der Waals surface area contributed by atoms with E-state index in [0.717, 1.165) is 0 Å². The number of anilines is 1. The van der Waals surface area contributed by atoms with Crippen LogP contribution in [-0.4, -0.2) is 17.6 Å². The zero-order valence-electron chi connectivity index (χ0n) is 11.4. The molecule has 0 spiro atoms. The van der Waals surface area contributed by atoms with Crippen LogP contribution in [0.15, 0.2) is 42.5 Å². The summed E-state index contributed by atoms with van der Waals surface area (Å²) < 4.78 is 14.0. The van der Waals surface area contributed by atoms with Gasteiger partial charge in [-0.3, -0.25) is 4.79 Å². The lowest BCUT2D eigenvalue weighted by molar-refractivity contribution is 0.0984. The number of hydrogen-bond donors (Lipinski definition) is 1. The van der Waals surface area contributed by atoms with Crippen LogP contribution in [-0.2, 0) is 0 Å². The number of phenols is 1. The third-order valence-electron chi connectivity index (χ3n) is 3.12. The van der Waals surface area contributed by atoms with Crippen LogP contribution in [0.3, 0.4) is 0 Å². The minimum absolute atomic E-state index is 0.0372. The van der Waals surface area contributed by atoms with E-state index in [-0.39, 0.29) is 11.3 Å². The van der Waals surface area contributed by atoms with Crippen molar-refractivity contribution >= 4 is 11.6 Å². The Balaban J connectivity index is 2.42. The van der Waals surface area contributed by atoms with Crippen molar-refractivity contribution in [2.75, 3.05) is 11.4 Å². The van der Waals surface area contributed by atoms with Crippen LogP contribution in [0.5, 0.6) is 5.75 Å². The van der Waals surface area contributed by atoms with E-state index in [1.165, 1.54) is 23.1 Å². The molecule has 0 aliphatic rings. The van der Waals surface area contributed by atoms with Gasteiger partial charge in [-0.2, -0.15) is 0 Å². The van der Waals surface area contributed by atoms with Gasteiger partial charge in [0.05, 0.1) is 5.56 Å². The largest absolute Gasteiger partial charge is 0.508 e. The van der Waals surface area contributed by atoms with Crippen LogP contribution < -0.4 is 4.90 Å². The summed E-state index contributed by atoms with van der Waals surface area (Å²) in [6.07, 6.45) is 0. The summed E-state index contributed by atoms with van der Waals surface area (Å²) >= 11 is 0. The summed E-state index contributed by atoms with van der Waals surface area (Å²) in [6.45, 7) is 3.81. The van der Waals surface area contributed by atoms with Gasteiger partial charge in [-0.25, -0.2) is 4.39 Å². The summed E-state index contributed by atoms with van der Waals surface area (Å²) in [7, 11) is 0. The smallest absolute Gasteiger partial charge is 0.261 e. The Morgan fingerprint density at radius 1 is 1.25 bits per heavy atom. The van der Waals surface area contributed by atoms with Crippen molar-refractivity contribution in [1.29, 1.82) is 0 Å². The van der Waals surface area contributed by atoms with Crippen LogP contribution in [0.2, 0.25) is 0 Å². The molecule has 1 amide bonds. The summed E-state index contributed by atoms with van der Waals surface area (Å²) in [6, 6.07) is 11.1. The highest BCUT2D eigenvalue weighted by molar-refractivity contribution is 6.06. The molecule has 104 valence electrons. The minimum Gasteiger partial charge on any atom is -0.508 e. The lowest BCUT2D eigenvalue weighted by atomic mass is 10.1. The number of rotatable bonds is 3. The first-order valence-corrected chi connectivity index (χ1v) is 6.40. The standard InChI is InChI=1S/C16H16FNO2/c1-3-18(12-7-5-8-13(19)10-12)16(20)14-9-4-6-11(2)15(14)17/h4-10,19H,3H2,1-2H3. The molecule has 3 nitrogen and oxygen atoms in total. The molecule has 0 heterocycles. The molecule has 0 atom stereocenters. The number of benzene rings is 2. The molecule has 0 unspecified atom stereocenters. The van der Waals surface area contributed by atoms with Gasteiger partial charge < -0.3 is 10.0 Å². The Morgan fingerprint density at radius 3 is 2.60 bits per heavy atom. The Labute approximate surface area is 117 Å². The number of hydrogen-bond acceptors (Lipinski definition) is 2. The predicted octanol–water partition coefficient (Wildman–Crippen LogP) is 3.51. The minimum atomic E-state index is -0.504. The van der Waals surface area contributed by atoms with E-state index in [0.29, 0.717) is 17.8 Å². The molecule has 0 aliphatic heterocycles. The van der Waals surface area contributed by atoms with Crippen molar-refractivity contribution in [1.82, 2.24) is 0 Å². The van der Waals surface area contributed by atoms with Crippen LogP contribution in [0.25, 0.3) is 0 Å². The van der Waals surface area contributed by atoms with E-state index in [1.54, 1.807) is 38.1 Å². The average molecular weight is 273 g/mol. The fourth-order valence-electron chi connectivity index (χ4n) is 2.06. The lowest BCUT2D eigenvalue weighted by Gasteiger charge is -2.21. The third kappa shape index (κ3) is 2.64. The number of carbonyl (C=O) groups excluding carboxylic acids is 1. The zero-order chi connectivity index (χ0) is 14.7.